The second kappa shape index (κ2) is 15.2. The summed E-state index contributed by atoms with van der Waals surface area (Å²) in [6, 6.07) is 19.7. The molecule has 2 aromatic rings. The van der Waals surface area contributed by atoms with E-state index < -0.39 is 0 Å². The zero-order valence-electron chi connectivity index (χ0n) is 19.5. The molecule has 1 amide bonds. The molecule has 0 spiro atoms. The molecule has 4 nitrogen and oxygen atoms in total. The fourth-order valence-corrected chi connectivity index (χ4v) is 4.39. The van der Waals surface area contributed by atoms with Crippen LogP contribution in [0.5, 0.6) is 0 Å². The number of nitrogens with two attached hydrogens (primary N) is 1. The fraction of sp³-hybridized carbons (Fsp3) is 0.481. The van der Waals surface area contributed by atoms with Crippen LogP contribution in [0.4, 0.5) is 5.69 Å². The normalized spacial score (nSPS) is 14.3. The van der Waals surface area contributed by atoms with Crippen molar-refractivity contribution in [1.29, 1.82) is 0 Å². The molecule has 3 rings (SSSR count). The van der Waals surface area contributed by atoms with Crippen LogP contribution in [-0.4, -0.2) is 36.5 Å². The largest absolute Gasteiger partial charge is 2.00 e. The van der Waals surface area contributed by atoms with Gasteiger partial charge in [0.05, 0.1) is 0 Å². The van der Waals surface area contributed by atoms with Gasteiger partial charge in [-0.1, -0.05) is 62.2 Å². The first kappa shape index (κ1) is 28.4. The first-order chi connectivity index (χ1) is 14.7. The van der Waals surface area contributed by atoms with Crippen molar-refractivity contribution in [2.24, 2.45) is 0 Å². The summed E-state index contributed by atoms with van der Waals surface area (Å²) in [4.78, 5) is 17.4. The molecule has 177 valence electrons. The van der Waals surface area contributed by atoms with Crippen molar-refractivity contribution >= 4 is 11.6 Å². The molecular formula is C27H39CoN3O. The van der Waals surface area contributed by atoms with Crippen molar-refractivity contribution in [2.45, 2.75) is 64.3 Å². The van der Waals surface area contributed by atoms with Gasteiger partial charge in [-0.2, -0.15) is 6.42 Å². The Labute approximate surface area is 205 Å². The Bertz CT molecular complexity index is 758. The summed E-state index contributed by atoms with van der Waals surface area (Å²) in [6.07, 6.45) is 8.20. The molecule has 0 unspecified atom stereocenters. The number of nitrogens with zero attached hydrogens (tertiary/aromatic N) is 2. The minimum atomic E-state index is 0. The molecule has 2 N–H and O–H groups in total. The smallest absolute Gasteiger partial charge is 0.693 e. The molecule has 2 aromatic carbocycles. The minimum absolute atomic E-state index is 0. The predicted molar refractivity (Wildman–Crippen MR) is 132 cm³/mol. The minimum Gasteiger partial charge on any atom is -0.693 e. The summed E-state index contributed by atoms with van der Waals surface area (Å²) >= 11 is 0. The van der Waals surface area contributed by atoms with Crippen LogP contribution in [0.3, 0.4) is 0 Å². The average Bonchev–Trinajstić information content (AvgIpc) is 2.80. The fourth-order valence-electron chi connectivity index (χ4n) is 4.39. The number of rotatable bonds is 10. The van der Waals surface area contributed by atoms with Gasteiger partial charge in [0, 0.05) is 37.8 Å². The summed E-state index contributed by atoms with van der Waals surface area (Å²) in [5, 5.41) is 0. The maximum atomic E-state index is 12.8. The van der Waals surface area contributed by atoms with E-state index in [4.69, 9.17) is 0 Å². The van der Waals surface area contributed by atoms with Crippen LogP contribution in [0.15, 0.2) is 54.6 Å². The molecule has 1 heterocycles. The molecule has 0 aliphatic carbocycles. The molecular weight excluding hydrogens is 441 g/mol. The number of aryl methyl sites for hydroxylation is 1. The monoisotopic (exact) mass is 480 g/mol. The standard InChI is InChI=1S/C27H37N2O.Co.H2N/c1-3-5-7-10-24-13-15-25(16-14-24)29(27(30)4-2)26-18-21-28(22-19-26)20-17-23-11-8-6-9-12-23;;/h6,8-9,11-16,26H,1,3-5,7,10,17-22H2,2H3;;1H2/q-1;+2;-1. The van der Waals surface area contributed by atoms with Crippen LogP contribution in [0.1, 0.15) is 56.6 Å². The molecule has 1 radical (unpaired) electrons. The number of benzene rings is 2. The Kier molecular flexibility index (Phi) is 13.5. The first-order valence-electron chi connectivity index (χ1n) is 11.7. The van der Waals surface area contributed by atoms with Gasteiger partial charge in [-0.05, 0) is 48.9 Å². The zero-order chi connectivity index (χ0) is 21.2. The number of amides is 1. The van der Waals surface area contributed by atoms with E-state index in [1.165, 1.54) is 24.0 Å². The third kappa shape index (κ3) is 8.36. The van der Waals surface area contributed by atoms with E-state index >= 15 is 0 Å². The van der Waals surface area contributed by atoms with E-state index in [1.807, 2.05) is 6.92 Å². The van der Waals surface area contributed by atoms with Crippen molar-refractivity contribution in [3.8, 4) is 0 Å². The molecule has 0 atom stereocenters. The van der Waals surface area contributed by atoms with Gasteiger partial charge >= 0.3 is 16.8 Å². The van der Waals surface area contributed by atoms with Gasteiger partial charge in [0.2, 0.25) is 5.91 Å². The molecule has 1 aliphatic heterocycles. The van der Waals surface area contributed by atoms with Crippen molar-refractivity contribution < 1.29 is 21.6 Å². The SMILES string of the molecule is [CH2-]CCCCc1ccc(N(C(=O)CC)C2CCN(CCc3ccccc3)CC2)cc1.[Co+2].[NH2-]. The summed E-state index contributed by atoms with van der Waals surface area (Å²) in [7, 11) is 0. The summed E-state index contributed by atoms with van der Waals surface area (Å²) in [6.45, 7) is 9.11. The second-order valence-electron chi connectivity index (χ2n) is 8.40. The number of hydrogen-bond acceptors (Lipinski definition) is 2. The van der Waals surface area contributed by atoms with E-state index in [0.29, 0.717) is 12.5 Å². The molecule has 0 aromatic heterocycles. The Hall–Kier alpha value is -1.66. The van der Waals surface area contributed by atoms with E-state index in [0.717, 1.165) is 57.4 Å². The Morgan fingerprint density at radius 1 is 0.969 bits per heavy atom. The van der Waals surface area contributed by atoms with E-state index in [9.17, 15) is 4.79 Å². The van der Waals surface area contributed by atoms with Crippen molar-refractivity contribution in [3.05, 3.63) is 78.8 Å². The van der Waals surface area contributed by atoms with Gasteiger partial charge in [-0.15, -0.1) is 0 Å². The summed E-state index contributed by atoms with van der Waals surface area (Å²) in [5.74, 6) is 0.238. The topological polar surface area (TPSA) is 57.1 Å². The quantitative estimate of drug-likeness (QED) is 0.292. The Morgan fingerprint density at radius 2 is 1.59 bits per heavy atom. The Balaban J connectivity index is 0.00000256. The van der Waals surface area contributed by atoms with Gasteiger partial charge in [-0.3, -0.25) is 4.79 Å². The number of unbranched alkanes of at least 4 members (excludes halogenated alkanes) is 2. The zero-order valence-corrected chi connectivity index (χ0v) is 20.5. The predicted octanol–water partition coefficient (Wildman–Crippen LogP) is 6.40. The average molecular weight is 481 g/mol. The molecule has 1 saturated heterocycles. The number of piperidine rings is 1. The van der Waals surface area contributed by atoms with Gasteiger partial charge in [0.15, 0.2) is 0 Å². The van der Waals surface area contributed by atoms with Gasteiger partial charge < -0.3 is 22.9 Å². The number of carbonyl (C=O) groups excluding carboxylic acids is 1. The number of likely N-dealkylation sites (tertiary alicyclic amines) is 1. The molecule has 5 heteroatoms. The van der Waals surface area contributed by atoms with E-state index in [-0.39, 0.29) is 28.8 Å². The van der Waals surface area contributed by atoms with Gasteiger partial charge in [0.1, 0.15) is 0 Å². The van der Waals surface area contributed by atoms with Crippen LogP contribution < -0.4 is 4.90 Å². The Morgan fingerprint density at radius 3 is 2.19 bits per heavy atom. The first-order valence-corrected chi connectivity index (χ1v) is 11.7. The molecule has 32 heavy (non-hydrogen) atoms. The van der Waals surface area contributed by atoms with Crippen molar-refractivity contribution in [2.75, 3.05) is 24.5 Å². The molecule has 0 saturated carbocycles. The summed E-state index contributed by atoms with van der Waals surface area (Å²) in [5.41, 5.74) is 3.81. The maximum absolute atomic E-state index is 12.8. The van der Waals surface area contributed by atoms with Gasteiger partial charge in [0.25, 0.3) is 0 Å². The van der Waals surface area contributed by atoms with E-state index in [1.54, 1.807) is 0 Å². The maximum Gasteiger partial charge on any atom is 2.00 e. The summed E-state index contributed by atoms with van der Waals surface area (Å²) < 4.78 is 0. The number of anilines is 1. The third-order valence-corrected chi connectivity index (χ3v) is 6.23. The number of carbonyl (C=O) groups is 1. The van der Waals surface area contributed by atoms with Crippen LogP contribution in [0.25, 0.3) is 6.15 Å². The molecule has 1 fully saturated rings. The van der Waals surface area contributed by atoms with Crippen molar-refractivity contribution in [3.63, 3.8) is 0 Å². The van der Waals surface area contributed by atoms with Crippen LogP contribution in [0.2, 0.25) is 0 Å². The number of hydrogen-bond donors (Lipinski definition) is 0. The van der Waals surface area contributed by atoms with Crippen LogP contribution >= 0.6 is 0 Å². The van der Waals surface area contributed by atoms with Crippen LogP contribution in [-0.2, 0) is 34.4 Å². The van der Waals surface area contributed by atoms with Crippen molar-refractivity contribution in [1.82, 2.24) is 4.90 Å². The van der Waals surface area contributed by atoms with E-state index in [2.05, 4.69) is 71.3 Å². The molecule has 1 aliphatic rings. The third-order valence-electron chi connectivity index (χ3n) is 6.23. The van der Waals surface area contributed by atoms with Crippen LogP contribution in [0, 0.1) is 6.92 Å². The molecule has 0 bridgehead atoms. The van der Waals surface area contributed by atoms with Gasteiger partial charge in [-0.25, -0.2) is 0 Å². The second-order valence-corrected chi connectivity index (χ2v) is 8.40.